The molecular weight excluding hydrogens is 460 g/mol. The highest BCUT2D eigenvalue weighted by Crippen LogP contribution is 2.42. The number of nitrogens with one attached hydrogen (secondary N) is 1. The van der Waals surface area contributed by atoms with Crippen LogP contribution in [0.3, 0.4) is 0 Å². The number of rotatable bonds is 7. The standard InChI is InChI=1S/C22H22F4N4O4/c1-21(13-9-27-12-28-10-13,20(32)29-14-6-7-33-11-14)30(19(31)17-8-18(17)23)15-2-4-16(5-3-15)34-22(24,25)26/h2-5,9-10,12,14,17-18H,6-8,11H2,1H3,(H,29,32)/t14-,17+,18+,21+/m0/s1. The van der Waals surface area contributed by atoms with Crippen LogP contribution in [-0.2, 0) is 19.9 Å². The van der Waals surface area contributed by atoms with Gasteiger partial charge in [-0.25, -0.2) is 14.4 Å². The van der Waals surface area contributed by atoms with Gasteiger partial charge in [-0.05, 0) is 44.0 Å². The van der Waals surface area contributed by atoms with Crippen LogP contribution in [0.4, 0.5) is 23.2 Å². The van der Waals surface area contributed by atoms with Crippen LogP contribution in [0, 0.1) is 5.92 Å². The Balaban J connectivity index is 1.77. The number of hydrogen-bond acceptors (Lipinski definition) is 6. The number of nitrogens with zero attached hydrogens (tertiary/aromatic N) is 3. The van der Waals surface area contributed by atoms with Crippen LogP contribution < -0.4 is 15.0 Å². The smallest absolute Gasteiger partial charge is 0.406 e. The fraction of sp³-hybridized carbons (Fsp3) is 0.455. The van der Waals surface area contributed by atoms with Crippen molar-refractivity contribution in [2.45, 2.75) is 43.9 Å². The number of halogens is 4. The van der Waals surface area contributed by atoms with Crippen molar-refractivity contribution in [2.24, 2.45) is 5.92 Å². The number of aromatic nitrogens is 2. The van der Waals surface area contributed by atoms with Crippen LogP contribution in [0.25, 0.3) is 0 Å². The Morgan fingerprint density at radius 1 is 1.18 bits per heavy atom. The van der Waals surface area contributed by atoms with Gasteiger partial charge in [0.05, 0.1) is 18.6 Å². The predicted octanol–water partition coefficient (Wildman–Crippen LogP) is 2.89. The quantitative estimate of drug-likeness (QED) is 0.610. The molecule has 0 bridgehead atoms. The third-order valence-corrected chi connectivity index (χ3v) is 5.86. The third kappa shape index (κ3) is 4.96. The fourth-order valence-corrected chi connectivity index (χ4v) is 3.87. The van der Waals surface area contributed by atoms with Crippen molar-refractivity contribution in [3.8, 4) is 5.75 Å². The van der Waals surface area contributed by atoms with Gasteiger partial charge in [-0.2, -0.15) is 0 Å². The molecule has 2 heterocycles. The van der Waals surface area contributed by atoms with Crippen LogP contribution in [0.2, 0.25) is 0 Å². The molecule has 0 spiro atoms. The Morgan fingerprint density at radius 2 is 1.82 bits per heavy atom. The van der Waals surface area contributed by atoms with E-state index in [2.05, 4.69) is 20.0 Å². The molecule has 1 saturated carbocycles. The van der Waals surface area contributed by atoms with Gasteiger partial charge in [0, 0.05) is 30.3 Å². The van der Waals surface area contributed by atoms with E-state index in [1.165, 1.54) is 37.8 Å². The van der Waals surface area contributed by atoms with Crippen molar-refractivity contribution >= 4 is 17.5 Å². The molecule has 2 aromatic rings. The van der Waals surface area contributed by atoms with Crippen molar-refractivity contribution in [1.82, 2.24) is 15.3 Å². The number of carbonyl (C=O) groups excluding carboxylic acids is 2. The SMILES string of the molecule is C[C@](C(=O)N[C@H]1CCOC1)(c1cncnc1)N(C(=O)[C@@H]1C[C@H]1F)c1ccc(OC(F)(F)F)cc1. The third-order valence-electron chi connectivity index (χ3n) is 5.86. The van der Waals surface area contributed by atoms with E-state index >= 15 is 0 Å². The van der Waals surface area contributed by atoms with Gasteiger partial charge >= 0.3 is 6.36 Å². The maximum atomic E-state index is 13.9. The molecule has 4 rings (SSSR count). The summed E-state index contributed by atoms with van der Waals surface area (Å²) in [6.07, 6.45) is -1.74. The van der Waals surface area contributed by atoms with E-state index in [0.29, 0.717) is 19.6 Å². The van der Waals surface area contributed by atoms with Gasteiger partial charge in [-0.3, -0.25) is 14.5 Å². The first kappa shape index (κ1) is 23.9. The maximum absolute atomic E-state index is 13.9. The summed E-state index contributed by atoms with van der Waals surface area (Å²) in [7, 11) is 0. The van der Waals surface area contributed by atoms with E-state index in [0.717, 1.165) is 17.0 Å². The molecule has 2 fully saturated rings. The molecule has 8 nitrogen and oxygen atoms in total. The molecule has 1 aliphatic carbocycles. The van der Waals surface area contributed by atoms with Crippen LogP contribution in [0.5, 0.6) is 5.75 Å². The average Bonchev–Trinajstić information content (AvgIpc) is 3.30. The van der Waals surface area contributed by atoms with Gasteiger partial charge in [-0.15, -0.1) is 13.2 Å². The van der Waals surface area contributed by atoms with Crippen molar-refractivity contribution < 1.29 is 36.6 Å². The van der Waals surface area contributed by atoms with E-state index in [1.54, 1.807) is 0 Å². The zero-order valence-corrected chi connectivity index (χ0v) is 18.1. The summed E-state index contributed by atoms with van der Waals surface area (Å²) in [5, 5.41) is 2.86. The summed E-state index contributed by atoms with van der Waals surface area (Å²) in [5.41, 5.74) is -1.41. The number of hydrogen-bond donors (Lipinski definition) is 1. The minimum atomic E-state index is -4.90. The predicted molar refractivity (Wildman–Crippen MR) is 110 cm³/mol. The number of benzene rings is 1. The highest BCUT2D eigenvalue weighted by Gasteiger charge is 2.53. The Kier molecular flexibility index (Phi) is 6.43. The highest BCUT2D eigenvalue weighted by atomic mass is 19.4. The first-order valence-electron chi connectivity index (χ1n) is 10.6. The number of alkyl halides is 4. The zero-order chi connectivity index (χ0) is 24.5. The molecule has 1 N–H and O–H groups in total. The van der Waals surface area contributed by atoms with Gasteiger partial charge in [0.1, 0.15) is 18.2 Å². The molecule has 34 heavy (non-hydrogen) atoms. The molecule has 12 heteroatoms. The topological polar surface area (TPSA) is 93.6 Å². The molecule has 2 aliphatic rings. The molecule has 1 aliphatic heterocycles. The highest BCUT2D eigenvalue weighted by molar-refractivity contribution is 6.05. The summed E-state index contributed by atoms with van der Waals surface area (Å²) in [6.45, 7) is 2.22. The molecule has 1 aromatic heterocycles. The lowest BCUT2D eigenvalue weighted by Gasteiger charge is -2.40. The van der Waals surface area contributed by atoms with E-state index in [9.17, 15) is 27.2 Å². The number of amides is 2. The average molecular weight is 482 g/mol. The van der Waals surface area contributed by atoms with Crippen LogP contribution in [0.15, 0.2) is 43.0 Å². The molecule has 0 radical (unpaired) electrons. The van der Waals surface area contributed by atoms with Crippen molar-refractivity contribution in [3.63, 3.8) is 0 Å². The molecule has 2 amide bonds. The Morgan fingerprint density at radius 3 is 2.35 bits per heavy atom. The summed E-state index contributed by atoms with van der Waals surface area (Å²) < 4.78 is 60.9. The van der Waals surface area contributed by atoms with E-state index < -0.39 is 41.6 Å². The minimum absolute atomic E-state index is 0.00987. The Hall–Kier alpha value is -3.28. The van der Waals surface area contributed by atoms with E-state index in [1.807, 2.05) is 0 Å². The zero-order valence-electron chi connectivity index (χ0n) is 18.1. The maximum Gasteiger partial charge on any atom is 0.573 e. The first-order chi connectivity index (χ1) is 16.1. The number of ether oxygens (including phenoxy) is 2. The lowest BCUT2D eigenvalue weighted by molar-refractivity contribution is -0.274. The van der Waals surface area contributed by atoms with Crippen molar-refractivity contribution in [3.05, 3.63) is 48.5 Å². The normalized spacial score (nSPS) is 23.6. The second-order valence-electron chi connectivity index (χ2n) is 8.31. The van der Waals surface area contributed by atoms with Gasteiger partial charge < -0.3 is 14.8 Å². The van der Waals surface area contributed by atoms with Crippen molar-refractivity contribution in [1.29, 1.82) is 0 Å². The van der Waals surface area contributed by atoms with E-state index in [4.69, 9.17) is 4.74 Å². The molecule has 1 saturated heterocycles. The second kappa shape index (κ2) is 9.16. The molecule has 182 valence electrons. The fourth-order valence-electron chi connectivity index (χ4n) is 3.87. The monoisotopic (exact) mass is 482 g/mol. The summed E-state index contributed by atoms with van der Waals surface area (Å²) in [5.74, 6) is -2.74. The summed E-state index contributed by atoms with van der Waals surface area (Å²) >= 11 is 0. The van der Waals surface area contributed by atoms with E-state index in [-0.39, 0.29) is 23.7 Å². The van der Waals surface area contributed by atoms with Crippen LogP contribution >= 0.6 is 0 Å². The van der Waals surface area contributed by atoms with Gasteiger partial charge in [0.15, 0.2) is 5.54 Å². The van der Waals surface area contributed by atoms with Gasteiger partial charge in [-0.1, -0.05) is 0 Å². The summed E-state index contributed by atoms with van der Waals surface area (Å²) in [4.78, 5) is 36.1. The van der Waals surface area contributed by atoms with Gasteiger partial charge in [0.2, 0.25) is 5.91 Å². The lowest BCUT2D eigenvalue weighted by Crippen LogP contribution is -2.59. The molecular formula is C22H22F4N4O4. The minimum Gasteiger partial charge on any atom is -0.406 e. The molecule has 4 atom stereocenters. The Labute approximate surface area is 192 Å². The van der Waals surface area contributed by atoms with Crippen LogP contribution in [0.1, 0.15) is 25.3 Å². The van der Waals surface area contributed by atoms with Crippen molar-refractivity contribution in [2.75, 3.05) is 18.1 Å². The molecule has 1 aromatic carbocycles. The Bertz CT molecular complexity index is 1030. The summed E-state index contributed by atoms with van der Waals surface area (Å²) in [6, 6.07) is 4.16. The van der Waals surface area contributed by atoms with Crippen LogP contribution in [-0.4, -0.2) is 53.6 Å². The van der Waals surface area contributed by atoms with Gasteiger partial charge in [0.25, 0.3) is 5.91 Å². The molecule has 0 unspecified atom stereocenters. The largest absolute Gasteiger partial charge is 0.573 e. The second-order valence-corrected chi connectivity index (χ2v) is 8.31. The lowest BCUT2D eigenvalue weighted by atomic mass is 9.89. The first-order valence-corrected chi connectivity index (χ1v) is 10.6. The number of anilines is 1. The number of carbonyl (C=O) groups is 2.